The van der Waals surface area contributed by atoms with Crippen molar-refractivity contribution >= 4 is 28.3 Å². The van der Waals surface area contributed by atoms with Crippen molar-refractivity contribution in [1.29, 1.82) is 0 Å². The topological polar surface area (TPSA) is 62.3 Å². The molecule has 1 aromatic heterocycles. The van der Waals surface area contributed by atoms with E-state index in [-0.39, 0.29) is 24.2 Å². The van der Waals surface area contributed by atoms with Crippen molar-refractivity contribution in [3.05, 3.63) is 34.7 Å². The highest BCUT2D eigenvalue weighted by molar-refractivity contribution is 7.16. The Morgan fingerprint density at radius 2 is 2.04 bits per heavy atom. The summed E-state index contributed by atoms with van der Waals surface area (Å²) in [5, 5.41) is 3.50. The Morgan fingerprint density at radius 1 is 1.31 bits per heavy atom. The second kappa shape index (κ2) is 7.99. The molecule has 0 saturated carbocycles. The van der Waals surface area contributed by atoms with Crippen LogP contribution in [0.2, 0.25) is 0 Å². The third-order valence-corrected chi connectivity index (χ3v) is 5.65. The lowest BCUT2D eigenvalue weighted by Crippen LogP contribution is -2.28. The number of hydrogen-bond donors (Lipinski definition) is 1. The third-order valence-electron chi connectivity index (χ3n) is 4.76. The van der Waals surface area contributed by atoms with Crippen molar-refractivity contribution in [3.8, 4) is 11.3 Å². The van der Waals surface area contributed by atoms with Gasteiger partial charge in [0.25, 0.3) is 0 Å². The van der Waals surface area contributed by atoms with Crippen LogP contribution in [-0.2, 0) is 16.0 Å². The van der Waals surface area contributed by atoms with Crippen LogP contribution in [0.5, 0.6) is 0 Å². The van der Waals surface area contributed by atoms with Gasteiger partial charge in [-0.2, -0.15) is 0 Å². The molecule has 6 heteroatoms. The van der Waals surface area contributed by atoms with E-state index in [4.69, 9.17) is 0 Å². The summed E-state index contributed by atoms with van der Waals surface area (Å²) < 4.78 is 0. The summed E-state index contributed by atoms with van der Waals surface area (Å²) in [7, 11) is 0. The zero-order chi connectivity index (χ0) is 18.7. The average molecular weight is 372 g/mol. The van der Waals surface area contributed by atoms with Gasteiger partial charge >= 0.3 is 0 Å². The van der Waals surface area contributed by atoms with E-state index in [1.165, 1.54) is 16.9 Å². The van der Waals surface area contributed by atoms with Gasteiger partial charge in [0.05, 0.1) is 11.6 Å². The number of amides is 2. The highest BCUT2D eigenvalue weighted by Gasteiger charge is 2.33. The molecule has 1 aliphatic rings. The maximum atomic E-state index is 12.5. The molecule has 138 valence electrons. The SMILES string of the molecule is CCCc1ccc(-c2nc(NC(=O)C3CC(=O)N(CC)C3)sc2C)cc1. The van der Waals surface area contributed by atoms with Gasteiger partial charge in [0.2, 0.25) is 11.8 Å². The highest BCUT2D eigenvalue weighted by Crippen LogP contribution is 2.31. The van der Waals surface area contributed by atoms with Crippen LogP contribution < -0.4 is 5.32 Å². The Kier molecular flexibility index (Phi) is 5.71. The van der Waals surface area contributed by atoms with Crippen LogP contribution in [0.3, 0.4) is 0 Å². The molecule has 0 radical (unpaired) electrons. The third kappa shape index (κ3) is 3.96. The molecule has 1 fully saturated rings. The summed E-state index contributed by atoms with van der Waals surface area (Å²) in [4.78, 5) is 31.7. The molecule has 1 unspecified atom stereocenters. The molecule has 1 aromatic carbocycles. The van der Waals surface area contributed by atoms with E-state index in [2.05, 4.69) is 41.5 Å². The first kappa shape index (κ1) is 18.6. The van der Waals surface area contributed by atoms with Crippen LogP contribution in [0.25, 0.3) is 11.3 Å². The van der Waals surface area contributed by atoms with Crippen LogP contribution in [0.15, 0.2) is 24.3 Å². The Balaban J connectivity index is 1.70. The van der Waals surface area contributed by atoms with E-state index in [1.54, 1.807) is 4.90 Å². The number of likely N-dealkylation sites (tertiary alicyclic amines) is 1. The summed E-state index contributed by atoms with van der Waals surface area (Å²) in [5.41, 5.74) is 3.29. The lowest BCUT2D eigenvalue weighted by atomic mass is 10.1. The molecular formula is C20H25N3O2S. The first-order valence-electron chi connectivity index (χ1n) is 9.17. The smallest absolute Gasteiger partial charge is 0.231 e. The van der Waals surface area contributed by atoms with Crippen LogP contribution in [0, 0.1) is 12.8 Å². The maximum absolute atomic E-state index is 12.5. The Morgan fingerprint density at radius 3 is 2.65 bits per heavy atom. The zero-order valence-corrected chi connectivity index (χ0v) is 16.4. The molecule has 1 atom stereocenters. The van der Waals surface area contributed by atoms with Gasteiger partial charge in [-0.15, -0.1) is 11.3 Å². The van der Waals surface area contributed by atoms with Gasteiger partial charge in [-0.3, -0.25) is 9.59 Å². The predicted molar refractivity (Wildman–Crippen MR) is 105 cm³/mol. The quantitative estimate of drug-likeness (QED) is 0.838. The van der Waals surface area contributed by atoms with E-state index in [0.29, 0.717) is 18.2 Å². The second-order valence-corrected chi connectivity index (χ2v) is 7.90. The van der Waals surface area contributed by atoms with Gasteiger partial charge in [-0.05, 0) is 25.8 Å². The first-order valence-corrected chi connectivity index (χ1v) is 9.98. The molecule has 0 aliphatic carbocycles. The number of hydrogen-bond acceptors (Lipinski definition) is 4. The molecule has 3 rings (SSSR count). The largest absolute Gasteiger partial charge is 0.342 e. The molecule has 1 saturated heterocycles. The van der Waals surface area contributed by atoms with E-state index < -0.39 is 0 Å². The van der Waals surface area contributed by atoms with E-state index >= 15 is 0 Å². The monoisotopic (exact) mass is 371 g/mol. The number of nitrogens with one attached hydrogen (secondary N) is 1. The number of nitrogens with zero attached hydrogens (tertiary/aromatic N) is 2. The summed E-state index contributed by atoms with van der Waals surface area (Å²) in [6.45, 7) is 7.26. The van der Waals surface area contributed by atoms with Crippen LogP contribution in [0.4, 0.5) is 5.13 Å². The fourth-order valence-corrected chi connectivity index (χ4v) is 4.14. The molecule has 26 heavy (non-hydrogen) atoms. The van der Waals surface area contributed by atoms with E-state index in [9.17, 15) is 9.59 Å². The molecule has 2 amide bonds. The number of aromatic nitrogens is 1. The molecule has 1 N–H and O–H groups in total. The van der Waals surface area contributed by atoms with Crippen LogP contribution in [0.1, 0.15) is 37.1 Å². The van der Waals surface area contributed by atoms with Crippen molar-refractivity contribution < 1.29 is 9.59 Å². The molecule has 0 spiro atoms. The maximum Gasteiger partial charge on any atom is 0.231 e. The van der Waals surface area contributed by atoms with Gasteiger partial charge in [0.15, 0.2) is 5.13 Å². The number of benzene rings is 1. The Labute approximate surface area is 158 Å². The van der Waals surface area contributed by atoms with E-state index in [0.717, 1.165) is 29.0 Å². The lowest BCUT2D eigenvalue weighted by molar-refractivity contribution is -0.128. The van der Waals surface area contributed by atoms with Gasteiger partial charge < -0.3 is 10.2 Å². The standard InChI is InChI=1S/C20H25N3O2S/c1-4-6-14-7-9-15(10-8-14)18-13(3)26-20(21-18)22-19(25)16-11-17(24)23(5-2)12-16/h7-10,16H,4-6,11-12H2,1-3H3,(H,21,22,25). The summed E-state index contributed by atoms with van der Waals surface area (Å²) in [6.07, 6.45) is 2.49. The van der Waals surface area contributed by atoms with Crippen molar-refractivity contribution in [2.75, 3.05) is 18.4 Å². The number of thiazole rings is 1. The minimum Gasteiger partial charge on any atom is -0.342 e. The minimum absolute atomic E-state index is 0.0517. The van der Waals surface area contributed by atoms with Crippen LogP contribution in [-0.4, -0.2) is 34.8 Å². The molecular weight excluding hydrogens is 346 g/mol. The molecule has 2 aromatic rings. The number of rotatable bonds is 6. The Hall–Kier alpha value is -2.21. The molecule has 0 bridgehead atoms. The minimum atomic E-state index is -0.288. The van der Waals surface area contributed by atoms with Gasteiger partial charge in [0.1, 0.15) is 0 Å². The van der Waals surface area contributed by atoms with E-state index in [1.807, 2.05) is 13.8 Å². The summed E-state index contributed by atoms with van der Waals surface area (Å²) in [6, 6.07) is 8.46. The second-order valence-electron chi connectivity index (χ2n) is 6.69. The molecule has 1 aliphatic heterocycles. The fourth-order valence-electron chi connectivity index (χ4n) is 3.30. The fraction of sp³-hybridized carbons (Fsp3) is 0.450. The molecule has 5 nitrogen and oxygen atoms in total. The highest BCUT2D eigenvalue weighted by atomic mass is 32.1. The van der Waals surface area contributed by atoms with Gasteiger partial charge in [0, 0.05) is 30.0 Å². The first-order chi connectivity index (χ1) is 12.5. The Bertz CT molecular complexity index is 798. The summed E-state index contributed by atoms with van der Waals surface area (Å²) >= 11 is 1.48. The number of carbonyl (C=O) groups excluding carboxylic acids is 2. The number of aryl methyl sites for hydroxylation is 2. The average Bonchev–Trinajstić information content (AvgIpc) is 3.18. The zero-order valence-electron chi connectivity index (χ0n) is 15.5. The molecule has 2 heterocycles. The summed E-state index contributed by atoms with van der Waals surface area (Å²) in [5.74, 6) is -0.354. The van der Waals surface area contributed by atoms with Gasteiger partial charge in [-0.1, -0.05) is 37.6 Å². The van der Waals surface area contributed by atoms with Crippen LogP contribution >= 0.6 is 11.3 Å². The predicted octanol–water partition coefficient (Wildman–Crippen LogP) is 3.88. The normalized spacial score (nSPS) is 17.0. The van der Waals surface area contributed by atoms with Crippen molar-refractivity contribution in [2.24, 2.45) is 5.92 Å². The van der Waals surface area contributed by atoms with Crippen molar-refractivity contribution in [3.63, 3.8) is 0 Å². The lowest BCUT2D eigenvalue weighted by Gasteiger charge is -2.12. The van der Waals surface area contributed by atoms with Crippen molar-refractivity contribution in [1.82, 2.24) is 9.88 Å². The number of anilines is 1. The van der Waals surface area contributed by atoms with Crippen molar-refractivity contribution in [2.45, 2.75) is 40.0 Å². The van der Waals surface area contributed by atoms with Gasteiger partial charge in [-0.25, -0.2) is 4.98 Å². The number of carbonyl (C=O) groups is 2.